The van der Waals surface area contributed by atoms with Crippen LogP contribution in [0.2, 0.25) is 0 Å². The Balaban J connectivity index is 1.85. The monoisotopic (exact) mass is 198 g/mol. The molecule has 1 unspecified atom stereocenters. The molecular weight excluding hydrogens is 176 g/mol. The molecule has 1 fully saturated rings. The molecule has 1 saturated heterocycles. The molecule has 1 heterocycles. The Morgan fingerprint density at radius 2 is 2.29 bits per heavy atom. The van der Waals surface area contributed by atoms with E-state index >= 15 is 0 Å². The number of hydrogen-bond acceptors (Lipinski definition) is 2. The molecule has 1 aliphatic rings. The van der Waals surface area contributed by atoms with Crippen LogP contribution in [-0.2, 0) is 9.47 Å². The van der Waals surface area contributed by atoms with Gasteiger partial charge in [-0.3, -0.25) is 0 Å². The third-order valence-electron chi connectivity index (χ3n) is 2.52. The SMILES string of the molecule is C=CCCCCOCC1CCCCO1. The molecule has 14 heavy (non-hydrogen) atoms. The van der Waals surface area contributed by atoms with Crippen molar-refractivity contribution in [2.45, 2.75) is 44.6 Å². The van der Waals surface area contributed by atoms with Gasteiger partial charge in [0.05, 0.1) is 12.7 Å². The first-order valence-corrected chi connectivity index (χ1v) is 5.73. The molecule has 0 radical (unpaired) electrons. The first-order chi connectivity index (χ1) is 6.93. The summed E-state index contributed by atoms with van der Waals surface area (Å²) in [4.78, 5) is 0. The molecular formula is C12H22O2. The van der Waals surface area contributed by atoms with Gasteiger partial charge in [0.25, 0.3) is 0 Å². The predicted octanol–water partition coefficient (Wildman–Crippen LogP) is 2.93. The Labute approximate surface area is 87.3 Å². The largest absolute Gasteiger partial charge is 0.379 e. The van der Waals surface area contributed by atoms with Crippen molar-refractivity contribution in [2.24, 2.45) is 0 Å². The third-order valence-corrected chi connectivity index (χ3v) is 2.52. The minimum Gasteiger partial charge on any atom is -0.379 e. The Hall–Kier alpha value is -0.340. The second kappa shape index (κ2) is 8.01. The molecule has 1 rings (SSSR count). The molecule has 1 aliphatic heterocycles. The average molecular weight is 198 g/mol. The van der Waals surface area contributed by atoms with E-state index < -0.39 is 0 Å². The quantitative estimate of drug-likeness (QED) is 0.462. The van der Waals surface area contributed by atoms with Gasteiger partial charge in [-0.25, -0.2) is 0 Å². The molecule has 2 heteroatoms. The second-order valence-corrected chi connectivity index (χ2v) is 3.85. The van der Waals surface area contributed by atoms with E-state index in [-0.39, 0.29) is 0 Å². The summed E-state index contributed by atoms with van der Waals surface area (Å²) in [6.45, 7) is 6.27. The summed E-state index contributed by atoms with van der Waals surface area (Å²) in [7, 11) is 0. The number of hydrogen-bond donors (Lipinski definition) is 0. The van der Waals surface area contributed by atoms with E-state index in [1.807, 2.05) is 6.08 Å². The summed E-state index contributed by atoms with van der Waals surface area (Å²) in [6, 6.07) is 0. The molecule has 0 aromatic rings. The summed E-state index contributed by atoms with van der Waals surface area (Å²) in [5.41, 5.74) is 0. The molecule has 0 amide bonds. The fraction of sp³-hybridized carbons (Fsp3) is 0.833. The summed E-state index contributed by atoms with van der Waals surface area (Å²) < 4.78 is 11.1. The summed E-state index contributed by atoms with van der Waals surface area (Å²) in [5.74, 6) is 0. The van der Waals surface area contributed by atoms with E-state index in [2.05, 4.69) is 6.58 Å². The fourth-order valence-corrected chi connectivity index (χ4v) is 1.65. The highest BCUT2D eigenvalue weighted by Crippen LogP contribution is 2.12. The van der Waals surface area contributed by atoms with Crippen LogP contribution < -0.4 is 0 Å². The Morgan fingerprint density at radius 1 is 1.36 bits per heavy atom. The fourth-order valence-electron chi connectivity index (χ4n) is 1.65. The Kier molecular flexibility index (Phi) is 6.71. The molecule has 0 aliphatic carbocycles. The van der Waals surface area contributed by atoms with E-state index in [9.17, 15) is 0 Å². The summed E-state index contributed by atoms with van der Waals surface area (Å²) in [6.07, 6.45) is 9.44. The first kappa shape index (κ1) is 11.7. The van der Waals surface area contributed by atoms with E-state index in [0.29, 0.717) is 6.10 Å². The van der Waals surface area contributed by atoms with Crippen molar-refractivity contribution in [3.63, 3.8) is 0 Å². The van der Waals surface area contributed by atoms with Crippen molar-refractivity contribution in [1.29, 1.82) is 0 Å². The normalized spacial score (nSPS) is 22.1. The van der Waals surface area contributed by atoms with Gasteiger partial charge in [-0.15, -0.1) is 6.58 Å². The van der Waals surface area contributed by atoms with Gasteiger partial charge in [-0.1, -0.05) is 6.08 Å². The molecule has 0 bridgehead atoms. The zero-order valence-corrected chi connectivity index (χ0v) is 9.04. The molecule has 0 spiro atoms. The number of unbranched alkanes of at least 4 members (excludes halogenated alkanes) is 2. The second-order valence-electron chi connectivity index (χ2n) is 3.85. The number of ether oxygens (including phenoxy) is 2. The van der Waals surface area contributed by atoms with Crippen LogP contribution in [0.25, 0.3) is 0 Å². The lowest BCUT2D eigenvalue weighted by molar-refractivity contribution is -0.0410. The highest BCUT2D eigenvalue weighted by Gasteiger charge is 2.13. The van der Waals surface area contributed by atoms with E-state index in [4.69, 9.17) is 9.47 Å². The molecule has 0 aromatic heterocycles. The van der Waals surface area contributed by atoms with Gasteiger partial charge in [0.2, 0.25) is 0 Å². The van der Waals surface area contributed by atoms with Crippen molar-refractivity contribution in [3.05, 3.63) is 12.7 Å². The molecule has 2 nitrogen and oxygen atoms in total. The van der Waals surface area contributed by atoms with Crippen LogP contribution >= 0.6 is 0 Å². The van der Waals surface area contributed by atoms with Gasteiger partial charge >= 0.3 is 0 Å². The van der Waals surface area contributed by atoms with Crippen LogP contribution in [-0.4, -0.2) is 25.9 Å². The van der Waals surface area contributed by atoms with Crippen molar-refractivity contribution < 1.29 is 9.47 Å². The van der Waals surface area contributed by atoms with Crippen LogP contribution in [0.3, 0.4) is 0 Å². The smallest absolute Gasteiger partial charge is 0.0808 e. The summed E-state index contributed by atoms with van der Waals surface area (Å²) in [5, 5.41) is 0. The van der Waals surface area contributed by atoms with Crippen LogP contribution in [0.4, 0.5) is 0 Å². The lowest BCUT2D eigenvalue weighted by atomic mass is 10.1. The van der Waals surface area contributed by atoms with Crippen molar-refractivity contribution in [2.75, 3.05) is 19.8 Å². The lowest BCUT2D eigenvalue weighted by Crippen LogP contribution is -2.24. The topological polar surface area (TPSA) is 18.5 Å². The van der Waals surface area contributed by atoms with Crippen LogP contribution in [0.5, 0.6) is 0 Å². The minimum absolute atomic E-state index is 0.364. The Bertz CT molecular complexity index is 139. The maximum atomic E-state index is 5.56. The van der Waals surface area contributed by atoms with Crippen molar-refractivity contribution in [1.82, 2.24) is 0 Å². The maximum Gasteiger partial charge on any atom is 0.0808 e. The Morgan fingerprint density at radius 3 is 3.00 bits per heavy atom. The average Bonchev–Trinajstić information content (AvgIpc) is 2.25. The van der Waals surface area contributed by atoms with E-state index in [1.165, 1.54) is 25.7 Å². The molecule has 0 aromatic carbocycles. The van der Waals surface area contributed by atoms with Crippen LogP contribution in [0, 0.1) is 0 Å². The predicted molar refractivity (Wildman–Crippen MR) is 58.5 cm³/mol. The zero-order chi connectivity index (χ0) is 10.1. The highest BCUT2D eigenvalue weighted by atomic mass is 16.5. The standard InChI is InChI=1S/C12H22O2/c1-2-3-4-6-9-13-11-12-8-5-7-10-14-12/h2,12H,1,3-11H2. The van der Waals surface area contributed by atoms with Gasteiger partial charge in [-0.2, -0.15) is 0 Å². The third kappa shape index (κ3) is 5.40. The van der Waals surface area contributed by atoms with Gasteiger partial charge in [0, 0.05) is 13.2 Å². The minimum atomic E-state index is 0.364. The van der Waals surface area contributed by atoms with Gasteiger partial charge in [-0.05, 0) is 38.5 Å². The first-order valence-electron chi connectivity index (χ1n) is 5.73. The molecule has 82 valence electrons. The summed E-state index contributed by atoms with van der Waals surface area (Å²) >= 11 is 0. The van der Waals surface area contributed by atoms with E-state index in [1.54, 1.807) is 0 Å². The van der Waals surface area contributed by atoms with Crippen LogP contribution in [0.1, 0.15) is 38.5 Å². The maximum absolute atomic E-state index is 5.56. The number of rotatable bonds is 7. The molecule has 0 N–H and O–H groups in total. The van der Waals surface area contributed by atoms with Gasteiger partial charge in [0.15, 0.2) is 0 Å². The van der Waals surface area contributed by atoms with Gasteiger partial charge < -0.3 is 9.47 Å². The van der Waals surface area contributed by atoms with Crippen molar-refractivity contribution in [3.8, 4) is 0 Å². The lowest BCUT2D eigenvalue weighted by Gasteiger charge is -2.22. The highest BCUT2D eigenvalue weighted by molar-refractivity contribution is 4.65. The zero-order valence-electron chi connectivity index (χ0n) is 9.04. The van der Waals surface area contributed by atoms with E-state index in [0.717, 1.165) is 32.7 Å². The van der Waals surface area contributed by atoms with Gasteiger partial charge in [0.1, 0.15) is 0 Å². The molecule has 1 atom stereocenters. The number of allylic oxidation sites excluding steroid dienone is 1. The van der Waals surface area contributed by atoms with Crippen molar-refractivity contribution >= 4 is 0 Å². The van der Waals surface area contributed by atoms with Crippen LogP contribution in [0.15, 0.2) is 12.7 Å². The molecule has 0 saturated carbocycles.